The predicted octanol–water partition coefficient (Wildman–Crippen LogP) is 4.57. The molecular formula is C20H23BrN2O2S. The van der Waals surface area contributed by atoms with E-state index >= 15 is 0 Å². The highest BCUT2D eigenvalue weighted by Crippen LogP contribution is 2.23. The number of thioether (sulfide) groups is 1. The highest BCUT2D eigenvalue weighted by atomic mass is 79.9. The van der Waals surface area contributed by atoms with Crippen LogP contribution in [0.25, 0.3) is 0 Å². The molecule has 1 aromatic heterocycles. The minimum absolute atomic E-state index is 0.0115. The summed E-state index contributed by atoms with van der Waals surface area (Å²) in [6.07, 6.45) is 3.01. The van der Waals surface area contributed by atoms with Crippen LogP contribution in [0, 0.1) is 0 Å². The standard InChI is InChI=1S/C20H23BrN2O2S/c1-14(2)26-18-6-3-15(4-7-18)11-20(24)23-10-9-17(13-23)25-19-8-5-16(21)12-22-19/h3-8,12,14,17H,9-11,13H2,1-2H3. The molecule has 2 heterocycles. The molecule has 1 saturated heterocycles. The van der Waals surface area contributed by atoms with E-state index in [2.05, 4.69) is 59.0 Å². The number of aromatic nitrogens is 1. The van der Waals surface area contributed by atoms with E-state index in [9.17, 15) is 4.79 Å². The molecule has 1 aromatic carbocycles. The van der Waals surface area contributed by atoms with Crippen LogP contribution < -0.4 is 4.74 Å². The first-order valence-corrected chi connectivity index (χ1v) is 10.5. The molecule has 0 saturated carbocycles. The molecule has 138 valence electrons. The van der Waals surface area contributed by atoms with Crippen LogP contribution in [-0.2, 0) is 11.2 Å². The normalized spacial score (nSPS) is 16.9. The van der Waals surface area contributed by atoms with Gasteiger partial charge in [0.05, 0.1) is 13.0 Å². The summed E-state index contributed by atoms with van der Waals surface area (Å²) < 4.78 is 6.81. The van der Waals surface area contributed by atoms with Crippen LogP contribution in [0.1, 0.15) is 25.8 Å². The van der Waals surface area contributed by atoms with Gasteiger partial charge < -0.3 is 9.64 Å². The van der Waals surface area contributed by atoms with Gasteiger partial charge in [-0.2, -0.15) is 0 Å². The molecule has 0 radical (unpaired) electrons. The highest BCUT2D eigenvalue weighted by Gasteiger charge is 2.27. The number of hydrogen-bond donors (Lipinski definition) is 0. The summed E-state index contributed by atoms with van der Waals surface area (Å²) in [5.74, 6) is 0.759. The molecule has 1 aliphatic rings. The minimum atomic E-state index is 0.0115. The molecule has 0 spiro atoms. The lowest BCUT2D eigenvalue weighted by atomic mass is 10.1. The molecule has 3 rings (SSSR count). The summed E-state index contributed by atoms with van der Waals surface area (Å²) in [7, 11) is 0. The number of benzene rings is 1. The third-order valence-corrected chi connectivity index (χ3v) is 5.62. The molecule has 6 heteroatoms. The second-order valence-electron chi connectivity index (χ2n) is 6.67. The van der Waals surface area contributed by atoms with E-state index in [4.69, 9.17) is 4.74 Å². The Morgan fingerprint density at radius 1 is 1.31 bits per heavy atom. The maximum atomic E-state index is 12.6. The van der Waals surface area contributed by atoms with Gasteiger partial charge in [0.25, 0.3) is 0 Å². The van der Waals surface area contributed by atoms with E-state index in [-0.39, 0.29) is 12.0 Å². The Balaban J connectivity index is 1.50. The van der Waals surface area contributed by atoms with E-state index in [1.807, 2.05) is 28.8 Å². The van der Waals surface area contributed by atoms with E-state index < -0.39 is 0 Å². The van der Waals surface area contributed by atoms with Crippen LogP contribution >= 0.6 is 27.7 Å². The maximum Gasteiger partial charge on any atom is 0.227 e. The first-order valence-electron chi connectivity index (χ1n) is 8.81. The number of halogens is 1. The van der Waals surface area contributed by atoms with E-state index in [1.54, 1.807) is 6.20 Å². The maximum absolute atomic E-state index is 12.6. The van der Waals surface area contributed by atoms with Crippen molar-refractivity contribution in [3.8, 4) is 5.88 Å². The average molecular weight is 435 g/mol. The van der Waals surface area contributed by atoms with Crippen LogP contribution in [0.5, 0.6) is 5.88 Å². The zero-order valence-electron chi connectivity index (χ0n) is 15.0. The molecule has 1 fully saturated rings. The van der Waals surface area contributed by atoms with Crippen molar-refractivity contribution >= 4 is 33.6 Å². The van der Waals surface area contributed by atoms with Gasteiger partial charge in [-0.15, -0.1) is 11.8 Å². The first kappa shape index (κ1) is 19.2. The minimum Gasteiger partial charge on any atom is -0.472 e. The van der Waals surface area contributed by atoms with Gasteiger partial charge in [-0.25, -0.2) is 4.98 Å². The zero-order valence-corrected chi connectivity index (χ0v) is 17.4. The predicted molar refractivity (Wildman–Crippen MR) is 109 cm³/mol. The number of likely N-dealkylation sites (tertiary alicyclic amines) is 1. The SMILES string of the molecule is CC(C)Sc1ccc(CC(=O)N2CCC(Oc3ccc(Br)cn3)C2)cc1. The molecule has 0 aliphatic carbocycles. The van der Waals surface area contributed by atoms with Crippen molar-refractivity contribution in [2.24, 2.45) is 0 Å². The largest absolute Gasteiger partial charge is 0.472 e. The number of carbonyl (C=O) groups excluding carboxylic acids is 1. The molecule has 4 nitrogen and oxygen atoms in total. The molecule has 1 amide bonds. The second-order valence-corrected chi connectivity index (χ2v) is 9.24. The van der Waals surface area contributed by atoms with E-state index in [0.29, 0.717) is 24.1 Å². The fraction of sp³-hybridized carbons (Fsp3) is 0.400. The Morgan fingerprint density at radius 2 is 2.08 bits per heavy atom. The van der Waals surface area contributed by atoms with Crippen LogP contribution in [0.4, 0.5) is 0 Å². The van der Waals surface area contributed by atoms with Crippen molar-refractivity contribution in [1.82, 2.24) is 9.88 Å². The molecule has 26 heavy (non-hydrogen) atoms. The van der Waals surface area contributed by atoms with Gasteiger partial charge in [-0.3, -0.25) is 4.79 Å². The van der Waals surface area contributed by atoms with Crippen LogP contribution in [0.3, 0.4) is 0 Å². The van der Waals surface area contributed by atoms with Crippen LogP contribution in [0.2, 0.25) is 0 Å². The Labute approximate surface area is 167 Å². The van der Waals surface area contributed by atoms with Gasteiger partial charge in [-0.05, 0) is 39.7 Å². The molecule has 0 bridgehead atoms. The lowest BCUT2D eigenvalue weighted by Gasteiger charge is -2.17. The number of pyridine rings is 1. The highest BCUT2D eigenvalue weighted by molar-refractivity contribution is 9.10. The molecule has 1 atom stereocenters. The Kier molecular flexibility index (Phi) is 6.59. The van der Waals surface area contributed by atoms with Gasteiger partial charge in [0, 0.05) is 39.8 Å². The van der Waals surface area contributed by atoms with Gasteiger partial charge >= 0.3 is 0 Å². The van der Waals surface area contributed by atoms with Gasteiger partial charge in [-0.1, -0.05) is 26.0 Å². The molecule has 2 aromatic rings. The summed E-state index contributed by atoms with van der Waals surface area (Å²) in [6.45, 7) is 5.72. The number of rotatable bonds is 6. The first-order chi connectivity index (χ1) is 12.5. The number of amides is 1. The number of hydrogen-bond acceptors (Lipinski definition) is 4. The van der Waals surface area contributed by atoms with Crippen LogP contribution in [-0.4, -0.2) is 40.2 Å². The van der Waals surface area contributed by atoms with Crippen molar-refractivity contribution in [2.75, 3.05) is 13.1 Å². The third kappa shape index (κ3) is 5.48. The van der Waals surface area contributed by atoms with E-state index in [0.717, 1.165) is 23.0 Å². The Bertz CT molecular complexity index is 734. The van der Waals surface area contributed by atoms with Crippen LogP contribution in [0.15, 0.2) is 52.0 Å². The number of carbonyl (C=O) groups is 1. The quantitative estimate of drug-likeness (QED) is 0.624. The monoisotopic (exact) mass is 434 g/mol. The molecule has 1 unspecified atom stereocenters. The lowest BCUT2D eigenvalue weighted by molar-refractivity contribution is -0.129. The second kappa shape index (κ2) is 8.91. The fourth-order valence-electron chi connectivity index (χ4n) is 2.90. The molecule has 1 aliphatic heterocycles. The molecular weight excluding hydrogens is 412 g/mol. The van der Waals surface area contributed by atoms with Crippen molar-refractivity contribution in [3.63, 3.8) is 0 Å². The fourth-order valence-corrected chi connectivity index (χ4v) is 3.97. The van der Waals surface area contributed by atoms with Gasteiger partial charge in [0.2, 0.25) is 11.8 Å². The van der Waals surface area contributed by atoms with E-state index in [1.165, 1.54) is 4.90 Å². The smallest absolute Gasteiger partial charge is 0.227 e. The van der Waals surface area contributed by atoms with Crippen molar-refractivity contribution in [1.29, 1.82) is 0 Å². The van der Waals surface area contributed by atoms with Crippen molar-refractivity contribution in [2.45, 2.75) is 42.9 Å². The Hall–Kier alpha value is -1.53. The number of ether oxygens (including phenoxy) is 1. The zero-order chi connectivity index (χ0) is 18.5. The summed E-state index contributed by atoms with van der Waals surface area (Å²) in [5, 5.41) is 0.559. The van der Waals surface area contributed by atoms with Gasteiger partial charge in [0.15, 0.2) is 0 Å². The van der Waals surface area contributed by atoms with Crippen molar-refractivity contribution < 1.29 is 9.53 Å². The lowest BCUT2D eigenvalue weighted by Crippen LogP contribution is -2.32. The average Bonchev–Trinajstić information content (AvgIpc) is 3.07. The summed E-state index contributed by atoms with van der Waals surface area (Å²) in [5.41, 5.74) is 1.06. The summed E-state index contributed by atoms with van der Waals surface area (Å²) in [6, 6.07) is 12.0. The Morgan fingerprint density at radius 3 is 2.73 bits per heavy atom. The van der Waals surface area contributed by atoms with Gasteiger partial charge in [0.1, 0.15) is 6.10 Å². The summed E-state index contributed by atoms with van der Waals surface area (Å²) >= 11 is 5.19. The third-order valence-electron chi connectivity index (χ3n) is 4.14. The number of nitrogens with zero attached hydrogens (tertiary/aromatic N) is 2. The van der Waals surface area contributed by atoms with Crippen molar-refractivity contribution in [3.05, 3.63) is 52.6 Å². The topological polar surface area (TPSA) is 42.4 Å². The summed E-state index contributed by atoms with van der Waals surface area (Å²) in [4.78, 5) is 19.9. The molecule has 0 N–H and O–H groups in total.